The predicted octanol–water partition coefficient (Wildman–Crippen LogP) is 4.42. The monoisotopic (exact) mass is 351 g/mol. The first-order valence-corrected chi connectivity index (χ1v) is 7.49. The molecule has 0 fully saturated rings. The number of amides is 1. The third-order valence-electron chi connectivity index (χ3n) is 3.03. The van der Waals surface area contributed by atoms with Gasteiger partial charge in [0.05, 0.1) is 0 Å². The van der Waals surface area contributed by atoms with Gasteiger partial charge in [-0.3, -0.25) is 4.79 Å². The summed E-state index contributed by atoms with van der Waals surface area (Å²) in [6, 6.07) is 15.4. The Labute approximate surface area is 132 Å². The molecule has 0 N–H and O–H groups in total. The number of nitrogens with zero attached hydrogens (tertiary/aromatic N) is 1. The Hall–Kier alpha value is -1.32. The van der Waals surface area contributed by atoms with Crippen molar-refractivity contribution in [1.29, 1.82) is 0 Å². The fourth-order valence-electron chi connectivity index (χ4n) is 1.94. The minimum atomic E-state index is -0.0240. The molecule has 0 radical (unpaired) electrons. The Morgan fingerprint density at radius 2 is 1.90 bits per heavy atom. The van der Waals surface area contributed by atoms with Crippen LogP contribution < -0.4 is 0 Å². The van der Waals surface area contributed by atoms with Crippen molar-refractivity contribution in [1.82, 2.24) is 4.90 Å². The minimum absolute atomic E-state index is 0.0240. The van der Waals surface area contributed by atoms with Crippen LogP contribution in [0.4, 0.5) is 0 Å². The van der Waals surface area contributed by atoms with Crippen LogP contribution in [0.1, 0.15) is 15.9 Å². The first kappa shape index (κ1) is 15.1. The normalized spacial score (nSPS) is 10.3. The molecule has 0 aromatic heterocycles. The number of benzene rings is 2. The molecule has 0 aliphatic heterocycles. The van der Waals surface area contributed by atoms with Crippen molar-refractivity contribution < 1.29 is 4.79 Å². The molecule has 1 amide bonds. The first-order chi connectivity index (χ1) is 9.56. The second kappa shape index (κ2) is 6.91. The van der Waals surface area contributed by atoms with Crippen molar-refractivity contribution in [2.24, 2.45) is 0 Å². The molecule has 0 bridgehead atoms. The topological polar surface area (TPSA) is 20.3 Å². The van der Waals surface area contributed by atoms with Gasteiger partial charge in [0.25, 0.3) is 5.91 Å². The van der Waals surface area contributed by atoms with Crippen molar-refractivity contribution in [3.05, 3.63) is 69.2 Å². The smallest absolute Gasteiger partial charge is 0.253 e. The molecule has 0 spiro atoms. The van der Waals surface area contributed by atoms with Crippen molar-refractivity contribution in [2.45, 2.75) is 6.42 Å². The highest BCUT2D eigenvalue weighted by atomic mass is 79.9. The number of halogens is 2. The van der Waals surface area contributed by atoms with E-state index in [1.54, 1.807) is 30.1 Å². The van der Waals surface area contributed by atoms with Gasteiger partial charge in [0.1, 0.15) is 0 Å². The molecule has 0 saturated heterocycles. The van der Waals surface area contributed by atoms with Gasteiger partial charge in [-0.15, -0.1) is 0 Å². The quantitative estimate of drug-likeness (QED) is 0.798. The summed E-state index contributed by atoms with van der Waals surface area (Å²) in [4.78, 5) is 14.0. The van der Waals surface area contributed by atoms with E-state index in [0.717, 1.165) is 10.9 Å². The lowest BCUT2D eigenvalue weighted by atomic mass is 10.1. The summed E-state index contributed by atoms with van der Waals surface area (Å²) in [5, 5.41) is 0.555. The molecule has 2 aromatic rings. The zero-order valence-corrected chi connectivity index (χ0v) is 13.5. The number of likely N-dealkylation sites (N-methyl/N-ethyl adjacent to an activating group) is 1. The zero-order valence-electron chi connectivity index (χ0n) is 11.1. The largest absolute Gasteiger partial charge is 0.341 e. The zero-order chi connectivity index (χ0) is 14.5. The highest BCUT2D eigenvalue weighted by Crippen LogP contribution is 2.20. The molecular formula is C16H15BrClNO. The molecule has 0 aliphatic rings. The van der Waals surface area contributed by atoms with Gasteiger partial charge < -0.3 is 4.90 Å². The molecule has 4 heteroatoms. The van der Waals surface area contributed by atoms with Crippen LogP contribution >= 0.6 is 27.5 Å². The number of hydrogen-bond acceptors (Lipinski definition) is 1. The molecule has 2 nitrogen and oxygen atoms in total. The Morgan fingerprint density at radius 1 is 1.20 bits per heavy atom. The van der Waals surface area contributed by atoms with Crippen molar-refractivity contribution in [3.63, 3.8) is 0 Å². The van der Waals surface area contributed by atoms with Gasteiger partial charge in [0, 0.05) is 28.7 Å². The first-order valence-electron chi connectivity index (χ1n) is 6.32. The van der Waals surface area contributed by atoms with Crippen LogP contribution in [0.5, 0.6) is 0 Å². The van der Waals surface area contributed by atoms with Gasteiger partial charge in [0.2, 0.25) is 0 Å². The fourth-order valence-corrected chi connectivity index (χ4v) is 2.80. The molecule has 0 unspecified atom stereocenters. The molecule has 2 aromatic carbocycles. The van der Waals surface area contributed by atoms with Gasteiger partial charge in [-0.25, -0.2) is 0 Å². The lowest BCUT2D eigenvalue weighted by Crippen LogP contribution is -2.28. The van der Waals surface area contributed by atoms with E-state index in [2.05, 4.69) is 28.1 Å². The third-order valence-corrected chi connectivity index (χ3v) is 3.71. The number of hydrogen-bond donors (Lipinski definition) is 0. The minimum Gasteiger partial charge on any atom is -0.341 e. The van der Waals surface area contributed by atoms with Crippen molar-refractivity contribution in [2.75, 3.05) is 13.6 Å². The van der Waals surface area contributed by atoms with Gasteiger partial charge >= 0.3 is 0 Å². The summed E-state index contributed by atoms with van der Waals surface area (Å²) in [6.45, 7) is 0.674. The van der Waals surface area contributed by atoms with E-state index in [0.29, 0.717) is 17.1 Å². The van der Waals surface area contributed by atoms with Crippen LogP contribution in [0.25, 0.3) is 0 Å². The summed E-state index contributed by atoms with van der Waals surface area (Å²) in [6.07, 6.45) is 0.838. The van der Waals surface area contributed by atoms with E-state index >= 15 is 0 Å². The molecular weight excluding hydrogens is 338 g/mol. The van der Waals surface area contributed by atoms with Crippen LogP contribution in [0, 0.1) is 0 Å². The van der Waals surface area contributed by atoms with Crippen LogP contribution in [-0.2, 0) is 6.42 Å². The third kappa shape index (κ3) is 4.09. The van der Waals surface area contributed by atoms with Crippen LogP contribution in [0.2, 0.25) is 5.02 Å². The SMILES string of the molecule is CN(CCc1ccccc1)C(=O)c1cc(Cl)cc(Br)c1. The molecule has 2 rings (SSSR count). The fraction of sp³-hybridized carbons (Fsp3) is 0.188. The molecule has 0 heterocycles. The van der Waals surface area contributed by atoms with Crippen LogP contribution in [0.3, 0.4) is 0 Å². The number of carbonyl (C=O) groups is 1. The van der Waals surface area contributed by atoms with Gasteiger partial charge in [0.15, 0.2) is 0 Å². The van der Waals surface area contributed by atoms with E-state index in [1.165, 1.54) is 5.56 Å². The van der Waals surface area contributed by atoms with E-state index < -0.39 is 0 Å². The van der Waals surface area contributed by atoms with Gasteiger partial charge in [-0.05, 0) is 30.2 Å². The highest BCUT2D eigenvalue weighted by molar-refractivity contribution is 9.10. The molecule has 20 heavy (non-hydrogen) atoms. The summed E-state index contributed by atoms with van der Waals surface area (Å²) < 4.78 is 0.810. The molecule has 104 valence electrons. The predicted molar refractivity (Wildman–Crippen MR) is 86.3 cm³/mol. The van der Waals surface area contributed by atoms with E-state index in [-0.39, 0.29) is 5.91 Å². The lowest BCUT2D eigenvalue weighted by Gasteiger charge is -2.17. The second-order valence-electron chi connectivity index (χ2n) is 4.62. The maximum Gasteiger partial charge on any atom is 0.253 e. The van der Waals surface area contributed by atoms with Crippen molar-refractivity contribution >= 4 is 33.4 Å². The van der Waals surface area contributed by atoms with Crippen LogP contribution in [0.15, 0.2) is 53.0 Å². The summed E-state index contributed by atoms with van der Waals surface area (Å²) in [5.74, 6) is -0.0240. The van der Waals surface area contributed by atoms with E-state index in [1.807, 2.05) is 18.2 Å². The summed E-state index contributed by atoms with van der Waals surface area (Å²) in [5.41, 5.74) is 1.82. The Kier molecular flexibility index (Phi) is 5.21. The second-order valence-corrected chi connectivity index (χ2v) is 5.97. The average Bonchev–Trinajstić information content (AvgIpc) is 2.44. The van der Waals surface area contributed by atoms with Gasteiger partial charge in [-0.1, -0.05) is 57.9 Å². The van der Waals surface area contributed by atoms with Crippen molar-refractivity contribution in [3.8, 4) is 0 Å². The Morgan fingerprint density at radius 3 is 2.55 bits per heavy atom. The van der Waals surface area contributed by atoms with E-state index in [9.17, 15) is 4.79 Å². The Balaban J connectivity index is 2.01. The van der Waals surface area contributed by atoms with Gasteiger partial charge in [-0.2, -0.15) is 0 Å². The number of carbonyl (C=O) groups excluding carboxylic acids is 1. The molecule has 0 aliphatic carbocycles. The standard InChI is InChI=1S/C16H15BrClNO/c1-19(8-7-12-5-3-2-4-6-12)16(20)13-9-14(17)11-15(18)10-13/h2-6,9-11H,7-8H2,1H3. The maximum absolute atomic E-state index is 12.3. The maximum atomic E-state index is 12.3. The lowest BCUT2D eigenvalue weighted by molar-refractivity contribution is 0.0796. The Bertz CT molecular complexity index is 580. The summed E-state index contributed by atoms with van der Waals surface area (Å²) in [7, 11) is 1.81. The average molecular weight is 353 g/mol. The highest BCUT2D eigenvalue weighted by Gasteiger charge is 2.12. The summed E-state index contributed by atoms with van der Waals surface area (Å²) >= 11 is 9.32. The van der Waals surface area contributed by atoms with Crippen LogP contribution in [-0.4, -0.2) is 24.4 Å². The number of rotatable bonds is 4. The molecule has 0 atom stereocenters. The van der Waals surface area contributed by atoms with E-state index in [4.69, 9.17) is 11.6 Å². The molecule has 0 saturated carbocycles.